The van der Waals surface area contributed by atoms with Crippen molar-refractivity contribution < 1.29 is 14.3 Å². The number of aryl methyl sites for hydroxylation is 1. The lowest BCUT2D eigenvalue weighted by molar-refractivity contribution is 0.102. The molecule has 0 radical (unpaired) electrons. The molecule has 4 aromatic rings. The van der Waals surface area contributed by atoms with Crippen molar-refractivity contribution in [2.24, 2.45) is 0 Å². The van der Waals surface area contributed by atoms with E-state index in [1.807, 2.05) is 60.8 Å². The first-order valence-electron chi connectivity index (χ1n) is 10.1. The average Bonchev–Trinajstić information content (AvgIpc) is 3.53. The molecular weight excluding hydrogens is 444 g/mol. The van der Waals surface area contributed by atoms with E-state index in [0.29, 0.717) is 22.3 Å². The zero-order chi connectivity index (χ0) is 22.1. The zero-order valence-corrected chi connectivity index (χ0v) is 19.1. The Morgan fingerprint density at radius 2 is 2.03 bits per heavy atom. The molecule has 1 aliphatic heterocycles. The summed E-state index contributed by atoms with van der Waals surface area (Å²) < 4.78 is 12.5. The third kappa shape index (κ3) is 3.96. The van der Waals surface area contributed by atoms with E-state index in [1.54, 1.807) is 16.4 Å². The molecule has 0 atom stereocenters. The minimum Gasteiger partial charge on any atom is -0.454 e. The Balaban J connectivity index is 1.43. The van der Waals surface area contributed by atoms with E-state index < -0.39 is 0 Å². The summed E-state index contributed by atoms with van der Waals surface area (Å²) in [6, 6.07) is 15.2. The van der Waals surface area contributed by atoms with Crippen molar-refractivity contribution >= 4 is 34.8 Å². The van der Waals surface area contributed by atoms with E-state index in [9.17, 15) is 4.79 Å². The highest BCUT2D eigenvalue weighted by atomic mass is 32.2. The number of nitrogens with one attached hydrogen (secondary N) is 1. The molecule has 0 spiro atoms. The van der Waals surface area contributed by atoms with Crippen molar-refractivity contribution in [1.29, 1.82) is 0 Å². The molecule has 5 rings (SSSR count). The number of ether oxygens (including phenoxy) is 2. The highest BCUT2D eigenvalue weighted by molar-refractivity contribution is 7.99. The highest BCUT2D eigenvalue weighted by Gasteiger charge is 2.19. The number of hydrogen-bond donors (Lipinski definition) is 1. The number of thiazole rings is 1. The van der Waals surface area contributed by atoms with Gasteiger partial charge in [0.25, 0.3) is 5.91 Å². The molecule has 7 nitrogen and oxygen atoms in total. The maximum Gasteiger partial charge on any atom is 0.257 e. The maximum atomic E-state index is 13.0. The third-order valence-electron chi connectivity index (χ3n) is 4.85. The van der Waals surface area contributed by atoms with Crippen LogP contribution in [0.2, 0.25) is 0 Å². The summed E-state index contributed by atoms with van der Waals surface area (Å²) in [7, 11) is 0. The first-order valence-corrected chi connectivity index (χ1v) is 11.9. The van der Waals surface area contributed by atoms with Gasteiger partial charge in [0.15, 0.2) is 11.5 Å². The molecule has 0 saturated carbocycles. The summed E-state index contributed by atoms with van der Waals surface area (Å²) in [5, 5.41) is 10.2. The van der Waals surface area contributed by atoms with Crippen LogP contribution in [0.4, 0.5) is 5.82 Å². The number of fused-ring (bicyclic) bond motifs is 1. The molecule has 0 unspecified atom stereocenters. The lowest BCUT2D eigenvalue weighted by atomic mass is 10.1. The van der Waals surface area contributed by atoms with E-state index in [1.165, 1.54) is 11.3 Å². The van der Waals surface area contributed by atoms with E-state index in [-0.39, 0.29) is 12.7 Å². The molecule has 32 heavy (non-hydrogen) atoms. The van der Waals surface area contributed by atoms with Crippen molar-refractivity contribution in [2.75, 3.05) is 17.9 Å². The van der Waals surface area contributed by atoms with Crippen LogP contribution >= 0.6 is 23.1 Å². The predicted octanol–water partition coefficient (Wildman–Crippen LogP) is 5.40. The molecule has 0 fully saturated rings. The molecule has 162 valence electrons. The first-order chi connectivity index (χ1) is 15.6. The van der Waals surface area contributed by atoms with Gasteiger partial charge in [-0.2, -0.15) is 9.78 Å². The lowest BCUT2D eigenvalue weighted by Gasteiger charge is -2.10. The van der Waals surface area contributed by atoms with E-state index in [0.717, 1.165) is 33.3 Å². The molecule has 1 aliphatic rings. The number of carbonyl (C=O) groups is 1. The SMILES string of the molecule is CCSc1ccccc1C(=O)Nc1cc(C)nn1-c1nc(-c2ccc3c(c2)OCO3)cs1. The van der Waals surface area contributed by atoms with Crippen molar-refractivity contribution in [3.05, 3.63) is 65.2 Å². The summed E-state index contributed by atoms with van der Waals surface area (Å²) in [5.74, 6) is 2.75. The van der Waals surface area contributed by atoms with E-state index in [2.05, 4.69) is 17.3 Å². The van der Waals surface area contributed by atoms with Gasteiger partial charge in [-0.1, -0.05) is 19.1 Å². The van der Waals surface area contributed by atoms with Crippen LogP contribution in [0.5, 0.6) is 11.5 Å². The Hall–Kier alpha value is -3.30. The standard InChI is InChI=1S/C23H20N4O3S2/c1-3-31-20-7-5-4-6-16(20)22(28)25-21-10-14(2)26-27(21)23-24-17(12-32-23)15-8-9-18-19(11-15)30-13-29-18/h4-12H,3,13H2,1-2H3,(H,25,28). The fourth-order valence-electron chi connectivity index (χ4n) is 3.40. The number of aromatic nitrogens is 3. The van der Waals surface area contributed by atoms with Crippen LogP contribution in [0.25, 0.3) is 16.4 Å². The Labute approximate surface area is 193 Å². The minimum atomic E-state index is -0.171. The predicted molar refractivity (Wildman–Crippen MR) is 126 cm³/mol. The molecular formula is C23H20N4O3S2. The van der Waals surface area contributed by atoms with Gasteiger partial charge in [-0.25, -0.2) is 4.98 Å². The fraction of sp³-hybridized carbons (Fsp3) is 0.174. The van der Waals surface area contributed by atoms with Crippen LogP contribution in [0.3, 0.4) is 0 Å². The normalized spacial score (nSPS) is 12.2. The van der Waals surface area contributed by atoms with Crippen molar-refractivity contribution in [3.63, 3.8) is 0 Å². The van der Waals surface area contributed by atoms with Gasteiger partial charge in [-0.15, -0.1) is 23.1 Å². The Morgan fingerprint density at radius 3 is 2.91 bits per heavy atom. The quantitative estimate of drug-likeness (QED) is 0.385. The Morgan fingerprint density at radius 1 is 1.19 bits per heavy atom. The number of benzene rings is 2. The van der Waals surface area contributed by atoms with Crippen LogP contribution in [0, 0.1) is 6.92 Å². The van der Waals surface area contributed by atoms with E-state index >= 15 is 0 Å². The number of anilines is 1. The van der Waals surface area contributed by atoms with Crippen molar-refractivity contribution in [2.45, 2.75) is 18.7 Å². The molecule has 2 aromatic heterocycles. The molecule has 3 heterocycles. The molecule has 0 bridgehead atoms. The summed E-state index contributed by atoms with van der Waals surface area (Å²) in [6.07, 6.45) is 0. The van der Waals surface area contributed by atoms with Crippen LogP contribution in [-0.4, -0.2) is 33.2 Å². The second-order valence-corrected chi connectivity index (χ2v) is 9.19. The van der Waals surface area contributed by atoms with Crippen molar-refractivity contribution in [3.8, 4) is 27.9 Å². The molecule has 1 amide bonds. The highest BCUT2D eigenvalue weighted by Crippen LogP contribution is 2.36. The van der Waals surface area contributed by atoms with Crippen LogP contribution < -0.4 is 14.8 Å². The van der Waals surface area contributed by atoms with Crippen LogP contribution in [-0.2, 0) is 0 Å². The average molecular weight is 465 g/mol. The first kappa shape index (κ1) is 20.6. The van der Waals surface area contributed by atoms with Crippen molar-refractivity contribution in [1.82, 2.24) is 14.8 Å². The fourth-order valence-corrected chi connectivity index (χ4v) is 5.00. The number of thioether (sulfide) groups is 1. The minimum absolute atomic E-state index is 0.171. The second kappa shape index (κ2) is 8.68. The molecule has 2 aromatic carbocycles. The smallest absolute Gasteiger partial charge is 0.257 e. The molecule has 0 aliphatic carbocycles. The van der Waals surface area contributed by atoms with Crippen LogP contribution in [0.15, 0.2) is 58.8 Å². The Bertz CT molecular complexity index is 1300. The number of hydrogen-bond acceptors (Lipinski definition) is 7. The second-order valence-electron chi connectivity index (χ2n) is 7.05. The van der Waals surface area contributed by atoms with E-state index in [4.69, 9.17) is 14.5 Å². The van der Waals surface area contributed by atoms with Gasteiger partial charge < -0.3 is 14.8 Å². The molecule has 1 N–H and O–H groups in total. The number of nitrogens with zero attached hydrogens (tertiary/aromatic N) is 3. The number of carbonyl (C=O) groups excluding carboxylic acids is 1. The Kier molecular flexibility index (Phi) is 5.59. The number of rotatable bonds is 6. The van der Waals surface area contributed by atoms with Gasteiger partial charge in [-0.3, -0.25) is 4.79 Å². The summed E-state index contributed by atoms with van der Waals surface area (Å²) in [4.78, 5) is 18.7. The summed E-state index contributed by atoms with van der Waals surface area (Å²) in [5.41, 5.74) is 3.16. The topological polar surface area (TPSA) is 78.3 Å². The largest absolute Gasteiger partial charge is 0.454 e. The van der Waals surface area contributed by atoms with Crippen LogP contribution in [0.1, 0.15) is 23.0 Å². The number of amides is 1. The van der Waals surface area contributed by atoms with Gasteiger partial charge in [0.1, 0.15) is 5.82 Å². The summed E-state index contributed by atoms with van der Waals surface area (Å²) in [6.45, 7) is 4.19. The van der Waals surface area contributed by atoms with Gasteiger partial charge in [0.2, 0.25) is 11.9 Å². The third-order valence-corrected chi connectivity index (χ3v) is 6.62. The summed E-state index contributed by atoms with van der Waals surface area (Å²) >= 11 is 3.10. The lowest BCUT2D eigenvalue weighted by Crippen LogP contribution is -2.16. The van der Waals surface area contributed by atoms with Gasteiger partial charge >= 0.3 is 0 Å². The molecule has 0 saturated heterocycles. The maximum absolute atomic E-state index is 13.0. The monoisotopic (exact) mass is 464 g/mol. The molecule has 9 heteroatoms. The van der Waals surface area contributed by atoms with Gasteiger partial charge in [0.05, 0.1) is 17.0 Å². The van der Waals surface area contributed by atoms with Gasteiger partial charge in [-0.05, 0) is 43.0 Å². The zero-order valence-electron chi connectivity index (χ0n) is 17.5. The van der Waals surface area contributed by atoms with Gasteiger partial charge in [0, 0.05) is 21.9 Å².